The average Bonchev–Trinajstić information content (AvgIpc) is 3.31. The Hall–Kier alpha value is -7.75. The molecule has 10 aromatic carbocycles. The Labute approximate surface area is 336 Å². The molecule has 0 amide bonds. The zero-order valence-corrected chi connectivity index (χ0v) is 31.5. The van der Waals surface area contributed by atoms with Gasteiger partial charge in [-0.25, -0.2) is 15.0 Å². The molecule has 0 spiro atoms. The molecule has 3 nitrogen and oxygen atoms in total. The van der Waals surface area contributed by atoms with Gasteiger partial charge in [0.05, 0.1) is 0 Å². The molecular weight excluding hydrogens is 703 g/mol. The third kappa shape index (κ3) is 5.80. The lowest BCUT2D eigenvalue weighted by molar-refractivity contribution is 1.07. The number of fused-ring (bicyclic) bond motifs is 5. The molecule has 58 heavy (non-hydrogen) atoms. The summed E-state index contributed by atoms with van der Waals surface area (Å²) in [6.45, 7) is 0. The molecule has 0 saturated carbocycles. The maximum atomic E-state index is 5.36. The Kier molecular flexibility index (Phi) is 8.15. The van der Waals surface area contributed by atoms with Crippen molar-refractivity contribution in [3.05, 3.63) is 212 Å². The van der Waals surface area contributed by atoms with E-state index < -0.39 is 0 Å². The first kappa shape index (κ1) is 33.6. The lowest BCUT2D eigenvalue weighted by atomic mass is 9.88. The third-order valence-corrected chi connectivity index (χ3v) is 11.3. The van der Waals surface area contributed by atoms with Gasteiger partial charge in [0.1, 0.15) is 0 Å². The van der Waals surface area contributed by atoms with E-state index in [1.54, 1.807) is 0 Å². The van der Waals surface area contributed by atoms with Crippen LogP contribution < -0.4 is 0 Å². The Morgan fingerprint density at radius 3 is 1.45 bits per heavy atom. The van der Waals surface area contributed by atoms with Crippen molar-refractivity contribution < 1.29 is 0 Å². The van der Waals surface area contributed by atoms with Crippen LogP contribution in [0.5, 0.6) is 0 Å². The first-order valence-corrected chi connectivity index (χ1v) is 19.7. The first-order chi connectivity index (χ1) is 28.8. The van der Waals surface area contributed by atoms with E-state index in [-0.39, 0.29) is 0 Å². The molecule has 0 aliphatic heterocycles. The van der Waals surface area contributed by atoms with E-state index in [4.69, 9.17) is 15.0 Å². The minimum Gasteiger partial charge on any atom is -0.208 e. The fourth-order valence-electron chi connectivity index (χ4n) is 8.58. The van der Waals surface area contributed by atoms with Gasteiger partial charge in [0.2, 0.25) is 0 Å². The number of benzene rings is 10. The summed E-state index contributed by atoms with van der Waals surface area (Å²) >= 11 is 0. The molecule has 11 rings (SSSR count). The lowest BCUT2D eigenvalue weighted by Gasteiger charge is -2.17. The maximum Gasteiger partial charge on any atom is 0.164 e. The average molecular weight is 738 g/mol. The van der Waals surface area contributed by atoms with Gasteiger partial charge in [-0.3, -0.25) is 0 Å². The zero-order chi connectivity index (χ0) is 38.4. The summed E-state index contributed by atoms with van der Waals surface area (Å²) in [5.74, 6) is 1.87. The highest BCUT2D eigenvalue weighted by molar-refractivity contribution is 6.21. The van der Waals surface area contributed by atoms with Crippen LogP contribution in [0.25, 0.3) is 111 Å². The molecule has 0 bridgehead atoms. The Morgan fingerprint density at radius 1 is 0.224 bits per heavy atom. The molecule has 0 N–H and O–H groups in total. The van der Waals surface area contributed by atoms with Gasteiger partial charge in [0.25, 0.3) is 0 Å². The van der Waals surface area contributed by atoms with Gasteiger partial charge >= 0.3 is 0 Å². The zero-order valence-electron chi connectivity index (χ0n) is 31.5. The Balaban J connectivity index is 1.14. The minimum atomic E-state index is 0.621. The molecule has 0 unspecified atom stereocenters. The predicted molar refractivity (Wildman–Crippen MR) is 242 cm³/mol. The SMILES string of the molecule is c1ccc(-c2ccccc2-c2nc(-c3ccc(-c4cccc5ccccc45)cc3)nc(-c3ccccc3-c3c4ccccc4cc4c3ccc3ccccc34)n2)cc1. The second-order valence-electron chi connectivity index (χ2n) is 14.7. The van der Waals surface area contributed by atoms with Crippen LogP contribution in [0, 0.1) is 0 Å². The van der Waals surface area contributed by atoms with E-state index in [0.717, 1.165) is 38.9 Å². The van der Waals surface area contributed by atoms with Crippen LogP contribution in [0.3, 0.4) is 0 Å². The number of nitrogens with zero attached hydrogens (tertiary/aromatic N) is 3. The largest absolute Gasteiger partial charge is 0.208 e. The van der Waals surface area contributed by atoms with E-state index >= 15 is 0 Å². The molecule has 11 aromatic rings. The Bertz CT molecular complexity index is 3330. The van der Waals surface area contributed by atoms with Crippen LogP contribution >= 0.6 is 0 Å². The van der Waals surface area contributed by atoms with E-state index in [2.05, 4.69) is 206 Å². The van der Waals surface area contributed by atoms with Crippen molar-refractivity contribution >= 4 is 43.1 Å². The van der Waals surface area contributed by atoms with Gasteiger partial charge < -0.3 is 0 Å². The molecule has 270 valence electrons. The molecule has 0 aliphatic rings. The molecule has 0 aliphatic carbocycles. The van der Waals surface area contributed by atoms with Crippen molar-refractivity contribution in [1.29, 1.82) is 0 Å². The van der Waals surface area contributed by atoms with Gasteiger partial charge in [-0.15, -0.1) is 0 Å². The fourth-order valence-corrected chi connectivity index (χ4v) is 8.58. The van der Waals surface area contributed by atoms with Crippen LogP contribution in [0.2, 0.25) is 0 Å². The summed E-state index contributed by atoms with van der Waals surface area (Å²) in [6.07, 6.45) is 0. The summed E-state index contributed by atoms with van der Waals surface area (Å²) in [5.41, 5.74) is 9.58. The molecule has 1 aromatic heterocycles. The van der Waals surface area contributed by atoms with Crippen LogP contribution in [0.15, 0.2) is 212 Å². The molecule has 0 saturated heterocycles. The number of rotatable bonds is 6. The van der Waals surface area contributed by atoms with Crippen LogP contribution in [-0.2, 0) is 0 Å². The predicted octanol–water partition coefficient (Wildman–Crippen LogP) is 14.5. The first-order valence-electron chi connectivity index (χ1n) is 19.7. The number of hydrogen-bond acceptors (Lipinski definition) is 3. The number of hydrogen-bond donors (Lipinski definition) is 0. The molecular formula is C55H35N3. The molecule has 0 fully saturated rings. The quantitative estimate of drug-likeness (QED) is 0.126. The van der Waals surface area contributed by atoms with Gasteiger partial charge in [-0.1, -0.05) is 206 Å². The van der Waals surface area contributed by atoms with E-state index in [9.17, 15) is 0 Å². The van der Waals surface area contributed by atoms with Crippen molar-refractivity contribution in [2.24, 2.45) is 0 Å². The van der Waals surface area contributed by atoms with Crippen molar-refractivity contribution in [1.82, 2.24) is 15.0 Å². The normalized spacial score (nSPS) is 11.4. The van der Waals surface area contributed by atoms with Crippen molar-refractivity contribution in [3.63, 3.8) is 0 Å². The van der Waals surface area contributed by atoms with E-state index in [1.807, 2.05) is 6.07 Å². The lowest BCUT2D eigenvalue weighted by Crippen LogP contribution is -2.02. The van der Waals surface area contributed by atoms with Crippen LogP contribution in [0.1, 0.15) is 0 Å². The van der Waals surface area contributed by atoms with E-state index in [1.165, 1.54) is 54.2 Å². The fraction of sp³-hybridized carbons (Fsp3) is 0. The smallest absolute Gasteiger partial charge is 0.164 e. The highest BCUT2D eigenvalue weighted by atomic mass is 15.0. The summed E-state index contributed by atoms with van der Waals surface area (Å²) in [6, 6.07) is 75.2. The minimum absolute atomic E-state index is 0.621. The van der Waals surface area contributed by atoms with Crippen molar-refractivity contribution in [2.75, 3.05) is 0 Å². The summed E-state index contributed by atoms with van der Waals surface area (Å²) in [5, 5.41) is 9.70. The highest BCUT2D eigenvalue weighted by Crippen LogP contribution is 2.43. The molecule has 0 atom stereocenters. The van der Waals surface area contributed by atoms with Gasteiger partial charge in [-0.05, 0) is 82.5 Å². The Morgan fingerprint density at radius 2 is 0.707 bits per heavy atom. The molecule has 0 radical (unpaired) electrons. The molecule has 3 heteroatoms. The van der Waals surface area contributed by atoms with Gasteiger partial charge in [0, 0.05) is 16.7 Å². The summed E-state index contributed by atoms with van der Waals surface area (Å²) < 4.78 is 0. The second kappa shape index (κ2) is 14.1. The number of aromatic nitrogens is 3. The monoisotopic (exact) mass is 737 g/mol. The van der Waals surface area contributed by atoms with Crippen molar-refractivity contribution in [2.45, 2.75) is 0 Å². The topological polar surface area (TPSA) is 38.7 Å². The van der Waals surface area contributed by atoms with Crippen molar-refractivity contribution in [3.8, 4) is 67.5 Å². The summed E-state index contributed by atoms with van der Waals surface area (Å²) in [4.78, 5) is 15.9. The van der Waals surface area contributed by atoms with Gasteiger partial charge in [0.15, 0.2) is 17.5 Å². The van der Waals surface area contributed by atoms with Crippen LogP contribution in [0.4, 0.5) is 0 Å². The third-order valence-electron chi connectivity index (χ3n) is 11.3. The van der Waals surface area contributed by atoms with Crippen LogP contribution in [-0.4, -0.2) is 15.0 Å². The summed E-state index contributed by atoms with van der Waals surface area (Å²) in [7, 11) is 0. The van der Waals surface area contributed by atoms with Gasteiger partial charge in [-0.2, -0.15) is 0 Å². The maximum absolute atomic E-state index is 5.36. The highest BCUT2D eigenvalue weighted by Gasteiger charge is 2.20. The van der Waals surface area contributed by atoms with E-state index in [0.29, 0.717) is 17.5 Å². The second-order valence-corrected chi connectivity index (χ2v) is 14.7. The molecule has 1 heterocycles. The standard InChI is InChI=1S/C55H35N3/c1-2-15-36(16-3-1)44-22-10-12-26-49(44)54-56-53(40-31-29-39(30-32-40)43-28-14-20-37-17-4-7-21-42(37)43)57-55(58-54)50-27-13-11-25-47(50)52-46-24-9-6-19-41(46)35-51-45-23-8-5-18-38(45)33-34-48(51)52/h1-35H.